The molecule has 0 aliphatic heterocycles. The van der Waals surface area contributed by atoms with Crippen molar-refractivity contribution in [3.63, 3.8) is 0 Å². The zero-order valence-electron chi connectivity index (χ0n) is 16.7. The molecule has 0 fully saturated rings. The van der Waals surface area contributed by atoms with Gasteiger partial charge in [0.25, 0.3) is 0 Å². The van der Waals surface area contributed by atoms with Crippen LogP contribution in [0.4, 0.5) is 17.6 Å². The molecule has 0 spiro atoms. The smallest absolute Gasteiger partial charge is 0.407 e. The molecular weight excluding hydrogens is 422 g/mol. The van der Waals surface area contributed by atoms with Gasteiger partial charge < -0.3 is 5.11 Å². The Morgan fingerprint density at radius 1 is 1.00 bits per heavy atom. The number of nitrogens with one attached hydrogen (secondary N) is 1. The van der Waals surface area contributed by atoms with Gasteiger partial charge in [-0.25, -0.2) is 4.39 Å². The summed E-state index contributed by atoms with van der Waals surface area (Å²) in [6, 6.07) is 8.30. The molecule has 3 atom stereocenters. The van der Waals surface area contributed by atoms with Gasteiger partial charge in [0.2, 0.25) is 0 Å². The number of hydrogen-bond acceptors (Lipinski definition) is 3. The molecule has 2 rings (SSSR count). The van der Waals surface area contributed by atoms with Crippen LogP contribution >= 0.6 is 0 Å². The summed E-state index contributed by atoms with van der Waals surface area (Å²) >= 11 is 0. The molecule has 0 aliphatic carbocycles. The molecule has 0 saturated heterocycles. The first kappa shape index (κ1) is 24.0. The van der Waals surface area contributed by atoms with Crippen LogP contribution in [0, 0.1) is 0 Å². The number of benzene rings is 2. The van der Waals surface area contributed by atoms with Crippen LogP contribution in [0.1, 0.15) is 31.9 Å². The Bertz CT molecular complexity index is 890. The molecule has 164 valence electrons. The second-order valence-electron chi connectivity index (χ2n) is 7.56. The van der Waals surface area contributed by atoms with Crippen molar-refractivity contribution in [1.82, 2.24) is 5.32 Å². The molecule has 2 N–H and O–H groups in total. The maximum atomic E-state index is 13.9. The van der Waals surface area contributed by atoms with Gasteiger partial charge in [-0.15, -0.1) is 0 Å². The van der Waals surface area contributed by atoms with E-state index in [1.54, 1.807) is 30.5 Å². The largest absolute Gasteiger partial charge is 0.480 e. The Morgan fingerprint density at radius 2 is 1.47 bits per heavy atom. The first-order valence-corrected chi connectivity index (χ1v) is 10.6. The lowest BCUT2D eigenvalue weighted by atomic mass is 9.97. The highest BCUT2D eigenvalue weighted by Gasteiger charge is 2.43. The third-order valence-electron chi connectivity index (χ3n) is 4.45. The SMILES string of the molecule is CS(=O)c1ccc(-c2ccc(C(N[C@@H](CC(C)(C)F)C(=O)O)C(F)(F)F)cc2)cc1. The highest BCUT2D eigenvalue weighted by molar-refractivity contribution is 7.84. The van der Waals surface area contributed by atoms with Crippen molar-refractivity contribution >= 4 is 16.8 Å². The molecule has 0 saturated carbocycles. The zero-order chi connectivity index (χ0) is 22.7. The number of carbonyl (C=O) groups is 1. The Balaban J connectivity index is 2.30. The molecule has 2 aromatic carbocycles. The van der Waals surface area contributed by atoms with Crippen molar-refractivity contribution in [3.05, 3.63) is 54.1 Å². The van der Waals surface area contributed by atoms with E-state index in [4.69, 9.17) is 0 Å². The first-order chi connectivity index (χ1) is 13.8. The van der Waals surface area contributed by atoms with Crippen molar-refractivity contribution in [1.29, 1.82) is 0 Å². The lowest BCUT2D eigenvalue weighted by Gasteiger charge is -2.28. The number of halogens is 4. The third kappa shape index (κ3) is 6.63. The summed E-state index contributed by atoms with van der Waals surface area (Å²) in [5, 5.41) is 11.3. The van der Waals surface area contributed by atoms with Crippen LogP contribution in [0.5, 0.6) is 0 Å². The second kappa shape index (κ2) is 9.26. The molecule has 9 heteroatoms. The van der Waals surface area contributed by atoms with Crippen LogP contribution in [0.2, 0.25) is 0 Å². The van der Waals surface area contributed by atoms with Crippen LogP contribution < -0.4 is 5.32 Å². The topological polar surface area (TPSA) is 66.4 Å². The van der Waals surface area contributed by atoms with Gasteiger partial charge in [-0.05, 0) is 42.7 Å². The number of hydrogen-bond donors (Lipinski definition) is 2. The van der Waals surface area contributed by atoms with E-state index in [-0.39, 0.29) is 5.56 Å². The minimum absolute atomic E-state index is 0.180. The molecule has 2 unspecified atom stereocenters. The van der Waals surface area contributed by atoms with Crippen LogP contribution in [0.25, 0.3) is 11.1 Å². The van der Waals surface area contributed by atoms with Crippen LogP contribution in [-0.2, 0) is 15.6 Å². The highest BCUT2D eigenvalue weighted by Crippen LogP contribution is 2.35. The van der Waals surface area contributed by atoms with Crippen molar-refractivity contribution in [3.8, 4) is 11.1 Å². The van der Waals surface area contributed by atoms with Gasteiger partial charge in [0.1, 0.15) is 17.8 Å². The molecule has 2 aromatic rings. The molecule has 0 aromatic heterocycles. The van der Waals surface area contributed by atoms with E-state index in [1.165, 1.54) is 24.3 Å². The predicted octanol–water partition coefficient (Wildman–Crippen LogP) is 4.88. The summed E-state index contributed by atoms with van der Waals surface area (Å²) in [5.74, 6) is -1.56. The monoisotopic (exact) mass is 445 g/mol. The van der Waals surface area contributed by atoms with E-state index in [9.17, 15) is 31.7 Å². The lowest BCUT2D eigenvalue weighted by Crippen LogP contribution is -2.47. The van der Waals surface area contributed by atoms with Gasteiger partial charge >= 0.3 is 12.1 Å². The number of alkyl halides is 4. The van der Waals surface area contributed by atoms with Crippen LogP contribution in [0.15, 0.2) is 53.4 Å². The van der Waals surface area contributed by atoms with E-state index >= 15 is 0 Å². The summed E-state index contributed by atoms with van der Waals surface area (Å²) in [5.41, 5.74) is -0.757. The Hall–Kier alpha value is -2.26. The summed E-state index contributed by atoms with van der Waals surface area (Å²) < 4.78 is 66.2. The van der Waals surface area contributed by atoms with Gasteiger partial charge in [0.15, 0.2) is 0 Å². The number of aliphatic carboxylic acids is 1. The summed E-state index contributed by atoms with van der Waals surface area (Å²) in [7, 11) is -1.14. The van der Waals surface area contributed by atoms with Gasteiger partial charge in [0.05, 0.1) is 0 Å². The van der Waals surface area contributed by atoms with Crippen molar-refractivity contribution in [2.45, 2.75) is 49.1 Å². The van der Waals surface area contributed by atoms with Gasteiger partial charge in [-0.3, -0.25) is 14.3 Å². The Kier molecular flexibility index (Phi) is 7.41. The molecule has 0 amide bonds. The predicted molar refractivity (Wildman–Crippen MR) is 107 cm³/mol. The minimum Gasteiger partial charge on any atom is -0.480 e. The highest BCUT2D eigenvalue weighted by atomic mass is 32.2. The molecule has 0 bridgehead atoms. The van der Waals surface area contributed by atoms with Crippen molar-refractivity contribution < 1.29 is 31.7 Å². The van der Waals surface area contributed by atoms with Crippen LogP contribution in [-0.4, -0.2) is 39.4 Å². The fourth-order valence-corrected chi connectivity index (χ4v) is 3.51. The maximum Gasteiger partial charge on any atom is 0.407 e. The van der Waals surface area contributed by atoms with E-state index in [0.29, 0.717) is 10.5 Å². The van der Waals surface area contributed by atoms with E-state index < -0.39 is 47.1 Å². The molecular formula is C21H23F4NO3S. The van der Waals surface area contributed by atoms with Gasteiger partial charge in [-0.2, -0.15) is 13.2 Å². The summed E-state index contributed by atoms with van der Waals surface area (Å²) in [6.07, 6.45) is -3.84. The third-order valence-corrected chi connectivity index (χ3v) is 5.38. The minimum atomic E-state index is -4.78. The Labute approximate surface area is 174 Å². The lowest BCUT2D eigenvalue weighted by molar-refractivity contribution is -0.164. The first-order valence-electron chi connectivity index (χ1n) is 9.06. The molecule has 0 radical (unpaired) electrons. The summed E-state index contributed by atoms with van der Waals surface area (Å²) in [6.45, 7) is 2.22. The average Bonchev–Trinajstić information content (AvgIpc) is 2.63. The fourth-order valence-electron chi connectivity index (χ4n) is 2.99. The average molecular weight is 445 g/mol. The van der Waals surface area contributed by atoms with Crippen molar-refractivity contribution in [2.75, 3.05) is 6.26 Å². The maximum absolute atomic E-state index is 13.9. The van der Waals surface area contributed by atoms with E-state index in [1.807, 2.05) is 5.32 Å². The molecule has 4 nitrogen and oxygen atoms in total. The Morgan fingerprint density at radius 3 is 1.83 bits per heavy atom. The van der Waals surface area contributed by atoms with Gasteiger partial charge in [0, 0.05) is 28.4 Å². The van der Waals surface area contributed by atoms with Gasteiger partial charge in [-0.1, -0.05) is 36.4 Å². The van der Waals surface area contributed by atoms with E-state index in [2.05, 4.69) is 0 Å². The zero-order valence-corrected chi connectivity index (χ0v) is 17.5. The second-order valence-corrected chi connectivity index (χ2v) is 8.94. The van der Waals surface area contributed by atoms with E-state index in [0.717, 1.165) is 19.4 Å². The number of rotatable bonds is 8. The summed E-state index contributed by atoms with van der Waals surface area (Å²) in [4.78, 5) is 12.0. The molecule has 0 heterocycles. The van der Waals surface area contributed by atoms with Crippen LogP contribution in [0.3, 0.4) is 0 Å². The number of carboxylic acid groups (broad SMARTS) is 1. The number of carboxylic acids is 1. The van der Waals surface area contributed by atoms with Crippen molar-refractivity contribution in [2.24, 2.45) is 0 Å². The standard InChI is InChI=1S/C21H23F4NO3S/c1-20(2,22)12-17(19(27)28)26-18(21(23,24)25)15-6-4-13(5-7-15)14-8-10-16(11-9-14)30(3)29/h4-11,17-18,26H,12H2,1-3H3,(H,27,28)/t17-,18?,30?/m0/s1. The fraction of sp³-hybridized carbons (Fsp3) is 0.381. The quantitative estimate of drug-likeness (QED) is 0.569. The normalized spacial score (nSPS) is 15.4. The molecule has 0 aliphatic rings. The molecule has 30 heavy (non-hydrogen) atoms.